The number of aromatic amines is 1. The van der Waals surface area contributed by atoms with Crippen LogP contribution in [0.4, 0.5) is 0 Å². The van der Waals surface area contributed by atoms with Crippen LogP contribution in [-0.2, 0) is 36.8 Å². The lowest BCUT2D eigenvalue weighted by molar-refractivity contribution is -0.139. The number of fused-ring (bicyclic) bond motifs is 1. The third kappa shape index (κ3) is 6.04. The van der Waals surface area contributed by atoms with Crippen LogP contribution in [0.1, 0.15) is 41.0 Å². The van der Waals surface area contributed by atoms with Gasteiger partial charge < -0.3 is 29.7 Å². The van der Waals surface area contributed by atoms with Crippen LogP contribution >= 0.6 is 0 Å². The Labute approximate surface area is 185 Å². The second-order valence-electron chi connectivity index (χ2n) is 7.78. The van der Waals surface area contributed by atoms with Crippen molar-refractivity contribution >= 4 is 24.2 Å². The summed E-state index contributed by atoms with van der Waals surface area (Å²) in [6.45, 7) is 2.83. The Hall–Kier alpha value is -2.99. The van der Waals surface area contributed by atoms with E-state index in [0.717, 1.165) is 37.1 Å². The normalized spacial score (nSPS) is 20.5. The van der Waals surface area contributed by atoms with Crippen LogP contribution in [-0.4, -0.2) is 101 Å². The molecule has 0 aliphatic carbocycles. The first-order valence-electron chi connectivity index (χ1n) is 10.7. The maximum absolute atomic E-state index is 12.7. The number of carbonyl (C=O) groups excluding carboxylic acids is 3. The number of amides is 3. The van der Waals surface area contributed by atoms with Gasteiger partial charge in [-0.05, 0) is 25.7 Å². The van der Waals surface area contributed by atoms with Gasteiger partial charge in [0.15, 0.2) is 5.69 Å². The zero-order chi connectivity index (χ0) is 22.9. The lowest BCUT2D eigenvalue weighted by atomic mass is 10.0. The Kier molecular flexibility index (Phi) is 8.56. The van der Waals surface area contributed by atoms with Crippen molar-refractivity contribution in [1.82, 2.24) is 25.3 Å². The van der Waals surface area contributed by atoms with Crippen molar-refractivity contribution in [1.29, 1.82) is 0 Å². The lowest BCUT2D eigenvalue weighted by Gasteiger charge is -2.29. The van der Waals surface area contributed by atoms with Gasteiger partial charge in [0.05, 0.1) is 31.5 Å². The second kappa shape index (κ2) is 11.6. The Balaban J connectivity index is 0.000000913. The van der Waals surface area contributed by atoms with Gasteiger partial charge in [0.25, 0.3) is 12.4 Å². The third-order valence-corrected chi connectivity index (χ3v) is 5.62. The minimum Gasteiger partial charge on any atom is -0.483 e. The Morgan fingerprint density at radius 3 is 2.78 bits per heavy atom. The molecule has 2 saturated heterocycles. The molecule has 0 aromatic carbocycles. The van der Waals surface area contributed by atoms with E-state index in [9.17, 15) is 14.4 Å². The zero-order valence-corrected chi connectivity index (χ0v) is 17.9. The van der Waals surface area contributed by atoms with Crippen molar-refractivity contribution in [3.63, 3.8) is 0 Å². The van der Waals surface area contributed by atoms with Crippen LogP contribution in [0.3, 0.4) is 0 Å². The van der Waals surface area contributed by atoms with Gasteiger partial charge in [-0.3, -0.25) is 24.3 Å². The summed E-state index contributed by atoms with van der Waals surface area (Å²) in [7, 11) is 0. The Morgan fingerprint density at radius 1 is 1.25 bits per heavy atom. The number of nitrogens with zero attached hydrogens (tertiary/aromatic N) is 3. The number of carbonyl (C=O) groups is 4. The minimum absolute atomic E-state index is 0.0258. The van der Waals surface area contributed by atoms with Crippen molar-refractivity contribution in [2.24, 2.45) is 0 Å². The van der Waals surface area contributed by atoms with E-state index in [2.05, 4.69) is 15.5 Å². The number of piperazine rings is 1. The molecule has 4 rings (SSSR count). The van der Waals surface area contributed by atoms with Crippen LogP contribution < -0.4 is 5.32 Å². The largest absolute Gasteiger partial charge is 0.483 e. The summed E-state index contributed by atoms with van der Waals surface area (Å²) in [5.74, 6) is -0.487. The number of aromatic nitrogens is 2. The molecule has 1 atom stereocenters. The lowest BCUT2D eigenvalue weighted by Crippen LogP contribution is -2.50. The smallest absolute Gasteiger partial charge is 0.290 e. The van der Waals surface area contributed by atoms with Gasteiger partial charge in [0, 0.05) is 31.8 Å². The molecule has 1 aromatic heterocycles. The van der Waals surface area contributed by atoms with Gasteiger partial charge in [0.2, 0.25) is 11.8 Å². The molecule has 3 aliphatic heterocycles. The molecule has 0 radical (unpaired) electrons. The van der Waals surface area contributed by atoms with Crippen molar-refractivity contribution < 1.29 is 33.8 Å². The number of ether oxygens (including phenoxy) is 2. The molecule has 3 amide bonds. The summed E-state index contributed by atoms with van der Waals surface area (Å²) in [5, 5.41) is 16.7. The molecule has 12 heteroatoms. The highest BCUT2D eigenvalue weighted by molar-refractivity contribution is 5.97. The maximum Gasteiger partial charge on any atom is 0.290 e. The van der Waals surface area contributed by atoms with E-state index in [1.54, 1.807) is 4.90 Å². The van der Waals surface area contributed by atoms with Gasteiger partial charge in [-0.15, -0.1) is 0 Å². The number of nitrogens with one attached hydrogen (secondary N) is 2. The zero-order valence-electron chi connectivity index (χ0n) is 17.9. The van der Waals surface area contributed by atoms with E-state index in [1.165, 1.54) is 4.90 Å². The predicted octanol–water partition coefficient (Wildman–Crippen LogP) is -0.847. The molecule has 176 valence electrons. The van der Waals surface area contributed by atoms with Crippen LogP contribution in [0.5, 0.6) is 0 Å². The van der Waals surface area contributed by atoms with Crippen LogP contribution in [0.2, 0.25) is 0 Å². The molecular formula is C20H29N5O7. The SMILES string of the molecule is O=C1CN(C(=O)c2n[nH]c3c2CCN(C(=O)COCC2CCCCO2)C3)CCN1.O=CO. The fraction of sp³-hybridized carbons (Fsp3) is 0.650. The molecule has 3 aliphatic rings. The summed E-state index contributed by atoms with van der Waals surface area (Å²) < 4.78 is 11.2. The number of rotatable bonds is 5. The molecule has 0 bridgehead atoms. The summed E-state index contributed by atoms with van der Waals surface area (Å²) in [6.07, 6.45) is 3.84. The second-order valence-corrected chi connectivity index (χ2v) is 7.78. The Bertz CT molecular complexity index is 821. The van der Waals surface area contributed by atoms with Gasteiger partial charge in [0.1, 0.15) is 6.61 Å². The van der Waals surface area contributed by atoms with Gasteiger partial charge in [-0.2, -0.15) is 5.10 Å². The first kappa shape index (κ1) is 23.7. The monoisotopic (exact) mass is 451 g/mol. The molecule has 0 spiro atoms. The van der Waals surface area contributed by atoms with E-state index in [0.29, 0.717) is 44.9 Å². The first-order valence-corrected chi connectivity index (χ1v) is 10.7. The van der Waals surface area contributed by atoms with E-state index in [-0.39, 0.29) is 43.4 Å². The quantitative estimate of drug-likeness (QED) is 0.489. The minimum atomic E-state index is -0.250. The number of hydrogen-bond acceptors (Lipinski definition) is 7. The molecule has 2 fully saturated rings. The summed E-state index contributed by atoms with van der Waals surface area (Å²) in [4.78, 5) is 48.3. The average molecular weight is 451 g/mol. The van der Waals surface area contributed by atoms with Gasteiger partial charge in [-0.25, -0.2) is 0 Å². The number of carboxylic acid groups (broad SMARTS) is 1. The molecule has 4 heterocycles. The molecule has 12 nitrogen and oxygen atoms in total. The van der Waals surface area contributed by atoms with Gasteiger partial charge in [-0.1, -0.05) is 0 Å². The fourth-order valence-corrected chi connectivity index (χ4v) is 3.98. The molecule has 0 saturated carbocycles. The Morgan fingerprint density at radius 2 is 2.06 bits per heavy atom. The average Bonchev–Trinajstić information content (AvgIpc) is 3.23. The molecular weight excluding hydrogens is 422 g/mol. The summed E-state index contributed by atoms with van der Waals surface area (Å²) in [6, 6.07) is 0. The van der Waals surface area contributed by atoms with E-state index in [1.807, 2.05) is 0 Å². The highest BCUT2D eigenvalue weighted by Crippen LogP contribution is 2.22. The van der Waals surface area contributed by atoms with Crippen molar-refractivity contribution in [2.45, 2.75) is 38.3 Å². The van der Waals surface area contributed by atoms with E-state index < -0.39 is 0 Å². The molecule has 1 aromatic rings. The summed E-state index contributed by atoms with van der Waals surface area (Å²) in [5.41, 5.74) is 1.96. The maximum atomic E-state index is 12.7. The standard InChI is InChI=1S/C19H27N5O5.CH2O2/c25-16-10-24(7-5-20-16)19(27)18-14-4-6-23(9-15(14)21-22-18)17(26)12-28-11-13-3-1-2-8-29-13;2-1-3/h13H,1-12H2,(H,20,25)(H,21,22);1H,(H,2,3). The van der Waals surface area contributed by atoms with Crippen molar-refractivity contribution in [3.8, 4) is 0 Å². The van der Waals surface area contributed by atoms with Gasteiger partial charge >= 0.3 is 0 Å². The van der Waals surface area contributed by atoms with E-state index in [4.69, 9.17) is 19.4 Å². The first-order chi connectivity index (χ1) is 15.5. The highest BCUT2D eigenvalue weighted by Gasteiger charge is 2.31. The predicted molar refractivity (Wildman–Crippen MR) is 110 cm³/mol. The van der Waals surface area contributed by atoms with Crippen LogP contribution in [0, 0.1) is 0 Å². The molecule has 1 unspecified atom stereocenters. The van der Waals surface area contributed by atoms with Crippen molar-refractivity contribution in [3.05, 3.63) is 17.0 Å². The van der Waals surface area contributed by atoms with E-state index >= 15 is 0 Å². The number of H-pyrrole nitrogens is 1. The summed E-state index contributed by atoms with van der Waals surface area (Å²) >= 11 is 0. The van der Waals surface area contributed by atoms with Crippen LogP contribution in [0.25, 0.3) is 0 Å². The van der Waals surface area contributed by atoms with Crippen LogP contribution in [0.15, 0.2) is 0 Å². The third-order valence-electron chi connectivity index (χ3n) is 5.62. The topological polar surface area (TPSA) is 154 Å². The fourth-order valence-electron chi connectivity index (χ4n) is 3.98. The molecule has 32 heavy (non-hydrogen) atoms. The highest BCUT2D eigenvalue weighted by atomic mass is 16.5. The van der Waals surface area contributed by atoms with Crippen molar-refractivity contribution in [2.75, 3.05) is 46.0 Å². The molecule has 3 N–H and O–H groups in total. The number of hydrogen-bond donors (Lipinski definition) is 3.